The number of benzene rings is 3. The van der Waals surface area contributed by atoms with Gasteiger partial charge >= 0.3 is 0 Å². The fourth-order valence-electron chi connectivity index (χ4n) is 4.42. The van der Waals surface area contributed by atoms with Crippen molar-refractivity contribution >= 4 is 34.8 Å². The van der Waals surface area contributed by atoms with E-state index < -0.39 is 5.92 Å². The van der Waals surface area contributed by atoms with Crippen LogP contribution in [0.4, 0.5) is 11.4 Å². The number of hydrogen-bond acceptors (Lipinski definition) is 3. The molecule has 178 valence electrons. The number of rotatable bonds is 5. The molecule has 0 saturated heterocycles. The van der Waals surface area contributed by atoms with Crippen molar-refractivity contribution < 1.29 is 9.59 Å². The summed E-state index contributed by atoms with van der Waals surface area (Å²) in [4.78, 5) is 27.4. The first-order valence-corrected chi connectivity index (χ1v) is 11.8. The number of halogens is 1. The third kappa shape index (κ3) is 5.00. The Morgan fingerprint density at radius 2 is 1.11 bits per heavy atom. The molecular weight excluding hydrogens is 458 g/mol. The lowest BCUT2D eigenvalue weighted by Crippen LogP contribution is -2.35. The first kappa shape index (κ1) is 24.3. The molecule has 1 aliphatic heterocycles. The number of anilines is 2. The Kier molecular flexibility index (Phi) is 7.08. The summed E-state index contributed by atoms with van der Waals surface area (Å²) in [5.74, 6) is -1.23. The van der Waals surface area contributed by atoms with E-state index in [-0.39, 0.29) is 11.8 Å². The molecule has 0 fully saturated rings. The Balaban J connectivity index is 1.80. The van der Waals surface area contributed by atoms with Crippen molar-refractivity contribution in [2.45, 2.75) is 33.6 Å². The lowest BCUT2D eigenvalue weighted by atomic mass is 9.79. The Morgan fingerprint density at radius 1 is 0.686 bits per heavy atom. The zero-order chi connectivity index (χ0) is 25.1. The summed E-state index contributed by atoms with van der Waals surface area (Å²) in [6, 6.07) is 22.5. The molecule has 0 aromatic heterocycles. The molecule has 1 aliphatic rings. The number of dihydropyridines is 1. The molecule has 2 amide bonds. The molecule has 3 N–H and O–H groups in total. The summed E-state index contributed by atoms with van der Waals surface area (Å²) in [7, 11) is 0. The summed E-state index contributed by atoms with van der Waals surface area (Å²) in [6.45, 7) is 7.56. The van der Waals surface area contributed by atoms with Crippen molar-refractivity contribution in [3.63, 3.8) is 0 Å². The molecule has 4 rings (SSSR count). The Morgan fingerprint density at radius 3 is 1.57 bits per heavy atom. The van der Waals surface area contributed by atoms with Crippen LogP contribution >= 0.6 is 11.6 Å². The predicted octanol–water partition coefficient (Wildman–Crippen LogP) is 6.47. The highest BCUT2D eigenvalue weighted by molar-refractivity contribution is 6.31. The van der Waals surface area contributed by atoms with E-state index in [1.807, 2.05) is 94.4 Å². The number of amides is 2. The van der Waals surface area contributed by atoms with Crippen molar-refractivity contribution in [2.24, 2.45) is 0 Å². The normalized spacial score (nSPS) is 14.0. The van der Waals surface area contributed by atoms with Gasteiger partial charge in [0.1, 0.15) is 0 Å². The van der Waals surface area contributed by atoms with Crippen LogP contribution in [-0.4, -0.2) is 11.8 Å². The molecule has 0 radical (unpaired) electrons. The predicted molar refractivity (Wildman–Crippen MR) is 142 cm³/mol. The SMILES string of the molecule is CC1=C(C(=O)Nc2ccccc2C)C(c2ccccc2Cl)C(C(=O)Nc2ccccc2C)=C(C)N1. The maximum atomic E-state index is 13.7. The number of hydrogen-bond donors (Lipinski definition) is 3. The van der Waals surface area contributed by atoms with Crippen LogP contribution in [-0.2, 0) is 9.59 Å². The van der Waals surface area contributed by atoms with E-state index in [2.05, 4.69) is 16.0 Å². The molecule has 0 spiro atoms. The van der Waals surface area contributed by atoms with Crippen molar-refractivity contribution in [1.29, 1.82) is 0 Å². The summed E-state index contributed by atoms with van der Waals surface area (Å²) in [6.07, 6.45) is 0. The van der Waals surface area contributed by atoms with Gasteiger partial charge in [0.25, 0.3) is 11.8 Å². The summed E-state index contributed by atoms with van der Waals surface area (Å²) < 4.78 is 0. The van der Waals surface area contributed by atoms with Crippen LogP contribution in [0.25, 0.3) is 0 Å². The standard InChI is InChI=1S/C29H28ClN3O2/c1-17-11-5-9-15-23(17)32-28(34)25-19(3)31-20(4)26(27(25)21-13-7-8-14-22(21)30)29(35)33-24-16-10-6-12-18(24)2/h5-16,27,31H,1-4H3,(H,32,34)(H,33,35). The van der Waals surface area contributed by atoms with E-state index in [4.69, 9.17) is 11.6 Å². The molecule has 3 aromatic carbocycles. The van der Waals surface area contributed by atoms with Crippen LogP contribution in [0, 0.1) is 13.8 Å². The van der Waals surface area contributed by atoms with Gasteiger partial charge in [0.15, 0.2) is 0 Å². The molecule has 0 atom stereocenters. The van der Waals surface area contributed by atoms with E-state index in [1.165, 1.54) is 0 Å². The minimum atomic E-state index is -0.655. The molecular formula is C29H28ClN3O2. The molecule has 0 bridgehead atoms. The largest absolute Gasteiger partial charge is 0.362 e. The van der Waals surface area contributed by atoms with Crippen LogP contribution in [0.5, 0.6) is 0 Å². The van der Waals surface area contributed by atoms with Gasteiger partial charge in [0.05, 0.1) is 0 Å². The van der Waals surface area contributed by atoms with E-state index in [0.29, 0.717) is 44.5 Å². The molecule has 6 heteroatoms. The fourth-order valence-corrected chi connectivity index (χ4v) is 4.67. The highest BCUT2D eigenvalue weighted by Gasteiger charge is 2.37. The monoisotopic (exact) mass is 485 g/mol. The molecule has 1 heterocycles. The Hall–Kier alpha value is -3.83. The van der Waals surface area contributed by atoms with Gasteiger partial charge in [-0.3, -0.25) is 9.59 Å². The summed E-state index contributed by atoms with van der Waals surface area (Å²) in [5.41, 5.74) is 6.25. The van der Waals surface area contributed by atoms with Crippen molar-refractivity contribution in [2.75, 3.05) is 10.6 Å². The van der Waals surface area contributed by atoms with Gasteiger partial charge in [0, 0.05) is 44.9 Å². The minimum absolute atomic E-state index is 0.289. The highest BCUT2D eigenvalue weighted by atomic mass is 35.5. The van der Waals surface area contributed by atoms with E-state index in [0.717, 1.165) is 11.1 Å². The summed E-state index contributed by atoms with van der Waals surface area (Å²) >= 11 is 6.63. The van der Waals surface area contributed by atoms with E-state index in [9.17, 15) is 9.59 Å². The van der Waals surface area contributed by atoms with Crippen molar-refractivity contribution in [3.8, 4) is 0 Å². The Labute approximate surface area is 210 Å². The van der Waals surface area contributed by atoms with Gasteiger partial charge in [-0.1, -0.05) is 66.2 Å². The van der Waals surface area contributed by atoms with Crippen molar-refractivity contribution in [3.05, 3.63) is 117 Å². The second-order valence-corrected chi connectivity index (χ2v) is 9.10. The molecule has 3 aromatic rings. The summed E-state index contributed by atoms with van der Waals surface area (Å²) in [5, 5.41) is 9.80. The number of carbonyl (C=O) groups excluding carboxylic acids is 2. The van der Waals surface area contributed by atoms with Gasteiger partial charge < -0.3 is 16.0 Å². The zero-order valence-corrected chi connectivity index (χ0v) is 21.0. The van der Waals surface area contributed by atoms with Crippen LogP contribution in [0.3, 0.4) is 0 Å². The highest BCUT2D eigenvalue weighted by Crippen LogP contribution is 2.41. The maximum absolute atomic E-state index is 13.7. The van der Waals surface area contributed by atoms with E-state index >= 15 is 0 Å². The number of para-hydroxylation sites is 2. The smallest absolute Gasteiger partial charge is 0.254 e. The maximum Gasteiger partial charge on any atom is 0.254 e. The number of nitrogens with one attached hydrogen (secondary N) is 3. The third-order valence-electron chi connectivity index (χ3n) is 6.25. The molecule has 0 unspecified atom stereocenters. The Bertz CT molecular complexity index is 1290. The van der Waals surface area contributed by atoms with Crippen LogP contribution < -0.4 is 16.0 Å². The van der Waals surface area contributed by atoms with Crippen LogP contribution in [0.1, 0.15) is 36.5 Å². The number of aryl methyl sites for hydroxylation is 2. The van der Waals surface area contributed by atoms with Gasteiger partial charge in [0.2, 0.25) is 0 Å². The van der Waals surface area contributed by atoms with Gasteiger partial charge in [-0.05, 0) is 62.6 Å². The first-order valence-electron chi connectivity index (χ1n) is 11.4. The van der Waals surface area contributed by atoms with Gasteiger partial charge in [-0.25, -0.2) is 0 Å². The fraction of sp³-hybridized carbons (Fsp3) is 0.172. The second kappa shape index (κ2) is 10.2. The molecule has 0 saturated carbocycles. The van der Waals surface area contributed by atoms with Crippen molar-refractivity contribution in [1.82, 2.24) is 5.32 Å². The third-order valence-corrected chi connectivity index (χ3v) is 6.60. The lowest BCUT2D eigenvalue weighted by Gasteiger charge is -2.32. The average Bonchev–Trinajstić information content (AvgIpc) is 2.81. The number of allylic oxidation sites excluding steroid dienone is 2. The van der Waals surface area contributed by atoms with Gasteiger partial charge in [-0.15, -0.1) is 0 Å². The van der Waals surface area contributed by atoms with Gasteiger partial charge in [-0.2, -0.15) is 0 Å². The average molecular weight is 486 g/mol. The second-order valence-electron chi connectivity index (χ2n) is 8.69. The quantitative estimate of drug-likeness (QED) is 0.388. The van der Waals surface area contributed by atoms with Crippen LogP contribution in [0.15, 0.2) is 95.3 Å². The van der Waals surface area contributed by atoms with E-state index in [1.54, 1.807) is 6.07 Å². The minimum Gasteiger partial charge on any atom is -0.362 e. The number of carbonyl (C=O) groups is 2. The molecule has 5 nitrogen and oxygen atoms in total. The lowest BCUT2D eigenvalue weighted by molar-refractivity contribution is -0.113. The topological polar surface area (TPSA) is 70.2 Å². The molecule has 35 heavy (non-hydrogen) atoms. The first-order chi connectivity index (χ1) is 16.8. The zero-order valence-electron chi connectivity index (χ0n) is 20.2. The van der Waals surface area contributed by atoms with Crippen LogP contribution in [0.2, 0.25) is 5.02 Å². The molecule has 0 aliphatic carbocycles.